The van der Waals surface area contributed by atoms with Crippen molar-refractivity contribution in [2.75, 3.05) is 24.4 Å². The monoisotopic (exact) mass is 384 g/mol. The molecule has 0 bridgehead atoms. The van der Waals surface area contributed by atoms with Crippen molar-refractivity contribution in [3.63, 3.8) is 0 Å². The lowest BCUT2D eigenvalue weighted by atomic mass is 9.90. The number of esters is 1. The first-order chi connectivity index (χ1) is 13.3. The van der Waals surface area contributed by atoms with E-state index >= 15 is 0 Å². The largest absolute Gasteiger partial charge is 0.495 e. The standard InChI is InChI=1S/C21H24N2O5/c1-5-28-18(24)14-10-12-15(13-11-14)22-19(25)21(2,3)20(26)23-16-8-6-7-9-17(16)27-4/h6-13H,5H2,1-4H3,(H,22,25)(H,23,26). The van der Waals surface area contributed by atoms with E-state index in [1.165, 1.54) is 21.0 Å². The van der Waals surface area contributed by atoms with E-state index in [9.17, 15) is 14.4 Å². The summed E-state index contributed by atoms with van der Waals surface area (Å²) >= 11 is 0. The molecule has 7 heteroatoms. The topological polar surface area (TPSA) is 93.7 Å². The highest BCUT2D eigenvalue weighted by atomic mass is 16.5. The van der Waals surface area contributed by atoms with Gasteiger partial charge in [-0.25, -0.2) is 4.79 Å². The van der Waals surface area contributed by atoms with Gasteiger partial charge in [-0.2, -0.15) is 0 Å². The zero-order chi connectivity index (χ0) is 20.7. The Morgan fingerprint density at radius 3 is 2.14 bits per heavy atom. The van der Waals surface area contributed by atoms with E-state index in [0.29, 0.717) is 22.7 Å². The molecule has 2 amide bonds. The molecule has 2 aromatic rings. The lowest BCUT2D eigenvalue weighted by Crippen LogP contribution is -2.41. The highest BCUT2D eigenvalue weighted by Gasteiger charge is 2.36. The highest BCUT2D eigenvalue weighted by Crippen LogP contribution is 2.27. The van der Waals surface area contributed by atoms with Crippen LogP contribution < -0.4 is 15.4 Å². The van der Waals surface area contributed by atoms with Gasteiger partial charge in [-0.05, 0) is 57.2 Å². The second kappa shape index (κ2) is 9.03. The van der Waals surface area contributed by atoms with Crippen LogP contribution in [0.2, 0.25) is 0 Å². The second-order valence-corrected chi connectivity index (χ2v) is 6.53. The summed E-state index contributed by atoms with van der Waals surface area (Å²) in [6, 6.07) is 13.2. The Morgan fingerprint density at radius 2 is 1.54 bits per heavy atom. The number of carbonyl (C=O) groups excluding carboxylic acids is 3. The van der Waals surface area contributed by atoms with E-state index in [1.807, 2.05) is 0 Å². The van der Waals surface area contributed by atoms with Crippen LogP contribution in [0.3, 0.4) is 0 Å². The predicted octanol–water partition coefficient (Wildman–Crippen LogP) is 3.48. The van der Waals surface area contributed by atoms with Gasteiger partial charge in [0.05, 0.1) is 25.0 Å². The summed E-state index contributed by atoms with van der Waals surface area (Å²) in [6.07, 6.45) is 0. The van der Waals surface area contributed by atoms with Gasteiger partial charge < -0.3 is 20.1 Å². The molecule has 0 radical (unpaired) electrons. The molecule has 0 fully saturated rings. The van der Waals surface area contributed by atoms with Crippen molar-refractivity contribution in [1.29, 1.82) is 0 Å². The number of nitrogens with one attached hydrogen (secondary N) is 2. The van der Waals surface area contributed by atoms with Crippen LogP contribution in [0.4, 0.5) is 11.4 Å². The number of ether oxygens (including phenoxy) is 2. The number of carbonyl (C=O) groups is 3. The summed E-state index contributed by atoms with van der Waals surface area (Å²) in [5.41, 5.74) is -0.0142. The molecule has 0 aliphatic heterocycles. The number of hydrogen-bond donors (Lipinski definition) is 2. The van der Waals surface area contributed by atoms with Gasteiger partial charge in [-0.15, -0.1) is 0 Å². The van der Waals surface area contributed by atoms with Crippen molar-refractivity contribution < 1.29 is 23.9 Å². The minimum absolute atomic E-state index is 0.285. The van der Waals surface area contributed by atoms with Crippen molar-refractivity contribution in [1.82, 2.24) is 0 Å². The molecule has 7 nitrogen and oxygen atoms in total. The summed E-state index contributed by atoms with van der Waals surface area (Å²) in [5.74, 6) is -0.889. The number of hydrogen-bond acceptors (Lipinski definition) is 5. The molecule has 2 rings (SSSR count). The molecular weight excluding hydrogens is 360 g/mol. The Morgan fingerprint density at radius 1 is 0.929 bits per heavy atom. The van der Waals surface area contributed by atoms with Gasteiger partial charge in [0.2, 0.25) is 11.8 Å². The summed E-state index contributed by atoms with van der Waals surface area (Å²) in [5, 5.41) is 5.41. The number of para-hydroxylation sites is 2. The number of anilines is 2. The van der Waals surface area contributed by atoms with Crippen LogP contribution in [0.25, 0.3) is 0 Å². The fourth-order valence-electron chi connectivity index (χ4n) is 2.32. The lowest BCUT2D eigenvalue weighted by molar-refractivity contribution is -0.135. The van der Waals surface area contributed by atoms with Crippen molar-refractivity contribution in [2.45, 2.75) is 20.8 Å². The molecule has 148 valence electrons. The van der Waals surface area contributed by atoms with Crippen molar-refractivity contribution in [3.8, 4) is 5.75 Å². The number of benzene rings is 2. The minimum atomic E-state index is -1.35. The smallest absolute Gasteiger partial charge is 0.338 e. The second-order valence-electron chi connectivity index (χ2n) is 6.53. The molecule has 28 heavy (non-hydrogen) atoms. The zero-order valence-electron chi connectivity index (χ0n) is 16.4. The maximum atomic E-state index is 12.7. The van der Waals surface area contributed by atoms with Gasteiger partial charge in [0.25, 0.3) is 0 Å². The quantitative estimate of drug-likeness (QED) is 0.563. The molecule has 0 unspecified atom stereocenters. The fraction of sp³-hybridized carbons (Fsp3) is 0.286. The maximum absolute atomic E-state index is 12.7. The van der Waals surface area contributed by atoms with E-state index in [-0.39, 0.29) is 6.61 Å². The Bertz CT molecular complexity index is 859. The third-order valence-electron chi connectivity index (χ3n) is 4.14. The summed E-state index contributed by atoms with van der Waals surface area (Å²) in [6.45, 7) is 5.07. The first-order valence-corrected chi connectivity index (χ1v) is 8.82. The van der Waals surface area contributed by atoms with Gasteiger partial charge in [-0.1, -0.05) is 12.1 Å². The van der Waals surface area contributed by atoms with Crippen LogP contribution in [0, 0.1) is 5.41 Å². The average Bonchev–Trinajstić information content (AvgIpc) is 2.69. The molecule has 2 N–H and O–H groups in total. The molecule has 0 aromatic heterocycles. The van der Waals surface area contributed by atoms with E-state index in [1.54, 1.807) is 55.5 Å². The summed E-state index contributed by atoms with van der Waals surface area (Å²) in [4.78, 5) is 37.0. The molecule has 0 saturated carbocycles. The molecule has 0 atom stereocenters. The third-order valence-corrected chi connectivity index (χ3v) is 4.14. The van der Waals surface area contributed by atoms with Crippen LogP contribution in [-0.4, -0.2) is 31.5 Å². The Balaban J connectivity index is 2.07. The van der Waals surface area contributed by atoms with Crippen molar-refractivity contribution in [3.05, 3.63) is 54.1 Å². The Labute approximate surface area is 164 Å². The van der Waals surface area contributed by atoms with Gasteiger partial charge in [0.1, 0.15) is 11.2 Å². The Kier molecular flexibility index (Phi) is 6.76. The molecule has 0 aliphatic carbocycles. The average molecular weight is 384 g/mol. The molecule has 0 saturated heterocycles. The van der Waals surface area contributed by atoms with Gasteiger partial charge in [0.15, 0.2) is 0 Å². The first kappa shape index (κ1) is 21.0. The van der Waals surface area contributed by atoms with E-state index in [0.717, 1.165) is 0 Å². The molecule has 0 aliphatic rings. The van der Waals surface area contributed by atoms with Crippen molar-refractivity contribution in [2.24, 2.45) is 5.41 Å². The molecule has 0 spiro atoms. The number of methoxy groups -OCH3 is 1. The Hall–Kier alpha value is -3.35. The van der Waals surface area contributed by atoms with Gasteiger partial charge in [0, 0.05) is 5.69 Å². The minimum Gasteiger partial charge on any atom is -0.495 e. The summed E-state index contributed by atoms with van der Waals surface area (Å²) < 4.78 is 10.1. The summed E-state index contributed by atoms with van der Waals surface area (Å²) in [7, 11) is 1.50. The van der Waals surface area contributed by atoms with Gasteiger partial charge >= 0.3 is 5.97 Å². The van der Waals surface area contributed by atoms with Crippen LogP contribution in [0.1, 0.15) is 31.1 Å². The normalized spacial score (nSPS) is 10.7. The van der Waals surface area contributed by atoms with Crippen LogP contribution >= 0.6 is 0 Å². The third kappa shape index (κ3) is 4.88. The van der Waals surface area contributed by atoms with Crippen LogP contribution in [0.15, 0.2) is 48.5 Å². The van der Waals surface area contributed by atoms with Crippen LogP contribution in [0.5, 0.6) is 5.75 Å². The lowest BCUT2D eigenvalue weighted by Gasteiger charge is -2.23. The first-order valence-electron chi connectivity index (χ1n) is 8.82. The molecule has 0 heterocycles. The number of rotatable bonds is 7. The van der Waals surface area contributed by atoms with E-state index < -0.39 is 23.2 Å². The van der Waals surface area contributed by atoms with Gasteiger partial charge in [-0.3, -0.25) is 9.59 Å². The van der Waals surface area contributed by atoms with E-state index in [2.05, 4.69) is 10.6 Å². The zero-order valence-corrected chi connectivity index (χ0v) is 16.4. The van der Waals surface area contributed by atoms with Crippen molar-refractivity contribution >= 4 is 29.2 Å². The fourth-order valence-corrected chi connectivity index (χ4v) is 2.32. The van der Waals surface area contributed by atoms with E-state index in [4.69, 9.17) is 9.47 Å². The SMILES string of the molecule is CCOC(=O)c1ccc(NC(=O)C(C)(C)C(=O)Nc2ccccc2OC)cc1. The maximum Gasteiger partial charge on any atom is 0.338 e. The predicted molar refractivity (Wildman–Crippen MR) is 106 cm³/mol. The molecule has 2 aromatic carbocycles. The molecular formula is C21H24N2O5. The van der Waals surface area contributed by atoms with Crippen LogP contribution in [-0.2, 0) is 14.3 Å². The highest BCUT2D eigenvalue weighted by molar-refractivity contribution is 6.14. The number of amides is 2.